The zero-order valence-corrected chi connectivity index (χ0v) is 9.84. The van der Waals surface area contributed by atoms with Gasteiger partial charge in [-0.2, -0.15) is 5.26 Å². The lowest BCUT2D eigenvalue weighted by molar-refractivity contribution is 0.103. The molecule has 3 heteroatoms. The minimum atomic E-state index is -0.0673. The fourth-order valence-electron chi connectivity index (χ4n) is 2.51. The van der Waals surface area contributed by atoms with Crippen molar-refractivity contribution in [1.82, 2.24) is 4.57 Å². The molecule has 0 saturated carbocycles. The van der Waals surface area contributed by atoms with Crippen molar-refractivity contribution in [2.75, 3.05) is 0 Å². The average molecular weight is 236 g/mol. The zero-order valence-electron chi connectivity index (χ0n) is 9.84. The van der Waals surface area contributed by atoms with E-state index in [1.165, 1.54) is 0 Å². The molecule has 3 nitrogen and oxygen atoms in total. The van der Waals surface area contributed by atoms with Crippen LogP contribution in [0.25, 0.3) is 0 Å². The van der Waals surface area contributed by atoms with Crippen LogP contribution in [-0.4, -0.2) is 10.4 Å². The number of aromatic nitrogens is 1. The Morgan fingerprint density at radius 1 is 1.22 bits per heavy atom. The highest BCUT2D eigenvalue weighted by molar-refractivity contribution is 6.08. The first-order chi connectivity index (χ1) is 8.81. The number of rotatable bonds is 2. The molecule has 0 amide bonds. The summed E-state index contributed by atoms with van der Waals surface area (Å²) in [5, 5.41) is 9.03. The normalized spacial score (nSPS) is 17.2. The third-order valence-electron chi connectivity index (χ3n) is 3.44. The number of ketones is 1. The van der Waals surface area contributed by atoms with Crippen molar-refractivity contribution in [3.8, 4) is 6.07 Å². The summed E-state index contributed by atoms with van der Waals surface area (Å²) in [6, 6.07) is 15.3. The molecule has 88 valence electrons. The van der Waals surface area contributed by atoms with Crippen LogP contribution in [-0.2, 0) is 6.54 Å². The number of fused-ring (bicyclic) bond motifs is 1. The maximum Gasteiger partial charge on any atom is 0.209 e. The molecule has 0 spiro atoms. The Morgan fingerprint density at radius 3 is 2.72 bits per heavy atom. The lowest BCUT2D eigenvalue weighted by atomic mass is 10.1. The van der Waals surface area contributed by atoms with Gasteiger partial charge in [-0.05, 0) is 18.6 Å². The number of hydrogen-bond donors (Lipinski definition) is 0. The van der Waals surface area contributed by atoms with Crippen LogP contribution < -0.4 is 0 Å². The molecule has 1 aliphatic heterocycles. The molecule has 1 atom stereocenters. The molecule has 0 saturated heterocycles. The van der Waals surface area contributed by atoms with Gasteiger partial charge in [-0.25, -0.2) is 0 Å². The number of nitriles is 1. The van der Waals surface area contributed by atoms with E-state index in [1.807, 2.05) is 47.0 Å². The number of hydrogen-bond acceptors (Lipinski definition) is 2. The van der Waals surface area contributed by atoms with Crippen LogP contribution in [0.3, 0.4) is 0 Å². The number of benzene rings is 1. The van der Waals surface area contributed by atoms with E-state index in [9.17, 15) is 4.79 Å². The van der Waals surface area contributed by atoms with Gasteiger partial charge in [0.1, 0.15) is 0 Å². The fraction of sp³-hybridized carbons (Fsp3) is 0.200. The van der Waals surface area contributed by atoms with E-state index in [2.05, 4.69) is 6.07 Å². The van der Waals surface area contributed by atoms with Gasteiger partial charge in [-0.3, -0.25) is 4.79 Å². The summed E-state index contributed by atoms with van der Waals surface area (Å²) in [5.74, 6) is -0.0391. The van der Waals surface area contributed by atoms with Crippen molar-refractivity contribution in [1.29, 1.82) is 5.26 Å². The van der Waals surface area contributed by atoms with Gasteiger partial charge in [0.2, 0.25) is 5.78 Å². The third kappa shape index (κ3) is 1.54. The summed E-state index contributed by atoms with van der Waals surface area (Å²) in [6.45, 7) is 0.758. The van der Waals surface area contributed by atoms with Crippen LogP contribution in [0.4, 0.5) is 0 Å². The number of carbonyl (C=O) groups is 1. The molecular weight excluding hydrogens is 224 g/mol. The van der Waals surface area contributed by atoms with Gasteiger partial charge in [-0.1, -0.05) is 30.3 Å². The van der Waals surface area contributed by atoms with Crippen LogP contribution in [0, 0.1) is 11.3 Å². The standard InChI is InChI=1S/C15H12N2O/c16-10-12-8-9-17-13(12)6-7-14(17)15(18)11-4-2-1-3-5-11/h1-7,12H,8-9H2. The van der Waals surface area contributed by atoms with Crippen molar-refractivity contribution in [3.63, 3.8) is 0 Å². The smallest absolute Gasteiger partial charge is 0.209 e. The molecule has 1 aromatic heterocycles. The van der Waals surface area contributed by atoms with Crippen LogP contribution >= 0.6 is 0 Å². The quantitative estimate of drug-likeness (QED) is 0.752. The van der Waals surface area contributed by atoms with Crippen molar-refractivity contribution < 1.29 is 4.79 Å². The highest BCUT2D eigenvalue weighted by atomic mass is 16.1. The minimum Gasteiger partial charge on any atom is -0.341 e. The molecule has 1 aliphatic rings. The molecule has 2 heterocycles. The van der Waals surface area contributed by atoms with Gasteiger partial charge >= 0.3 is 0 Å². The van der Waals surface area contributed by atoms with Crippen LogP contribution in [0.1, 0.15) is 34.1 Å². The summed E-state index contributed by atoms with van der Waals surface area (Å²) in [5.41, 5.74) is 2.35. The molecule has 1 aromatic carbocycles. The summed E-state index contributed by atoms with van der Waals surface area (Å²) >= 11 is 0. The maximum absolute atomic E-state index is 12.4. The Morgan fingerprint density at radius 2 is 2.00 bits per heavy atom. The van der Waals surface area contributed by atoms with E-state index in [1.54, 1.807) is 0 Å². The summed E-state index contributed by atoms with van der Waals surface area (Å²) in [6.07, 6.45) is 0.807. The Kier molecular flexibility index (Phi) is 2.49. The fourth-order valence-corrected chi connectivity index (χ4v) is 2.51. The van der Waals surface area contributed by atoms with E-state index in [4.69, 9.17) is 5.26 Å². The van der Waals surface area contributed by atoms with Gasteiger partial charge in [0.25, 0.3) is 0 Å². The lowest BCUT2D eigenvalue weighted by Gasteiger charge is -2.05. The second kappa shape index (κ2) is 4.15. The first kappa shape index (κ1) is 10.8. The van der Waals surface area contributed by atoms with Gasteiger partial charge in [0.05, 0.1) is 17.7 Å². The van der Waals surface area contributed by atoms with Gasteiger partial charge in [-0.15, -0.1) is 0 Å². The molecule has 18 heavy (non-hydrogen) atoms. The first-order valence-corrected chi connectivity index (χ1v) is 6.00. The lowest BCUT2D eigenvalue weighted by Crippen LogP contribution is -2.08. The van der Waals surface area contributed by atoms with Crippen LogP contribution in [0.15, 0.2) is 42.5 Å². The van der Waals surface area contributed by atoms with Crippen molar-refractivity contribution in [2.24, 2.45) is 0 Å². The average Bonchev–Trinajstić information content (AvgIpc) is 2.99. The Bertz CT molecular complexity index is 634. The summed E-state index contributed by atoms with van der Waals surface area (Å²) in [4.78, 5) is 12.4. The van der Waals surface area contributed by atoms with E-state index < -0.39 is 0 Å². The predicted molar refractivity (Wildman–Crippen MR) is 67.3 cm³/mol. The predicted octanol–water partition coefficient (Wildman–Crippen LogP) is 2.73. The minimum absolute atomic E-state index is 0.0282. The molecule has 1 unspecified atom stereocenters. The van der Waals surface area contributed by atoms with E-state index in [0.717, 1.165) is 18.7 Å². The second-order valence-corrected chi connectivity index (χ2v) is 4.46. The van der Waals surface area contributed by atoms with Crippen molar-refractivity contribution >= 4 is 5.78 Å². The molecule has 3 rings (SSSR count). The molecule has 0 N–H and O–H groups in total. The summed E-state index contributed by atoms with van der Waals surface area (Å²) in [7, 11) is 0. The van der Waals surface area contributed by atoms with Crippen molar-refractivity contribution in [2.45, 2.75) is 18.9 Å². The van der Waals surface area contributed by atoms with E-state index >= 15 is 0 Å². The van der Waals surface area contributed by atoms with E-state index in [0.29, 0.717) is 11.3 Å². The maximum atomic E-state index is 12.4. The highest BCUT2D eigenvalue weighted by Crippen LogP contribution is 2.30. The zero-order chi connectivity index (χ0) is 12.5. The Labute approximate surface area is 105 Å². The molecule has 0 aliphatic carbocycles. The van der Waals surface area contributed by atoms with E-state index in [-0.39, 0.29) is 11.7 Å². The molecule has 2 aromatic rings. The second-order valence-electron chi connectivity index (χ2n) is 4.46. The SMILES string of the molecule is N#CC1CCn2c(C(=O)c3ccccc3)ccc21. The molecule has 0 bridgehead atoms. The number of carbonyl (C=O) groups excluding carboxylic acids is 1. The molecule has 0 radical (unpaired) electrons. The Balaban J connectivity index is 2.01. The van der Waals surface area contributed by atoms with Crippen LogP contribution in [0.5, 0.6) is 0 Å². The van der Waals surface area contributed by atoms with Gasteiger partial charge in [0, 0.05) is 17.8 Å². The molecule has 0 fully saturated rings. The third-order valence-corrected chi connectivity index (χ3v) is 3.44. The number of nitrogens with zero attached hydrogens (tertiary/aromatic N) is 2. The highest BCUT2D eigenvalue weighted by Gasteiger charge is 2.26. The van der Waals surface area contributed by atoms with Gasteiger partial charge < -0.3 is 4.57 Å². The molecular formula is C15H12N2O. The first-order valence-electron chi connectivity index (χ1n) is 6.00. The van der Waals surface area contributed by atoms with Crippen molar-refractivity contribution in [3.05, 3.63) is 59.4 Å². The Hall–Kier alpha value is -2.34. The van der Waals surface area contributed by atoms with Crippen LogP contribution in [0.2, 0.25) is 0 Å². The van der Waals surface area contributed by atoms with Gasteiger partial charge in [0.15, 0.2) is 0 Å². The summed E-state index contributed by atoms with van der Waals surface area (Å²) < 4.78 is 1.98. The topological polar surface area (TPSA) is 45.8 Å². The largest absolute Gasteiger partial charge is 0.341 e. The monoisotopic (exact) mass is 236 g/mol.